The molecule has 0 fully saturated rings. The number of benzene rings is 1. The maximum absolute atomic E-state index is 12.8. The third kappa shape index (κ3) is 5.06. The summed E-state index contributed by atoms with van der Waals surface area (Å²) in [6, 6.07) is 4.93. The van der Waals surface area contributed by atoms with Crippen LogP contribution in [0, 0.1) is 0 Å². The van der Waals surface area contributed by atoms with E-state index in [1.807, 2.05) is 0 Å². The Hall–Kier alpha value is -2.11. The van der Waals surface area contributed by atoms with Crippen molar-refractivity contribution in [2.75, 3.05) is 6.61 Å². The van der Waals surface area contributed by atoms with Gasteiger partial charge in [-0.25, -0.2) is 0 Å². The third-order valence-electron chi connectivity index (χ3n) is 2.69. The van der Waals surface area contributed by atoms with E-state index in [1.165, 1.54) is 25.1 Å². The first-order valence-electron chi connectivity index (χ1n) is 6.29. The predicted octanol–water partition coefficient (Wildman–Crippen LogP) is 3.63. The SMILES string of the molecule is CCOC(=O)CC(=O)C(C)=Cc1ccccc1C(F)(F)F. The van der Waals surface area contributed by atoms with Crippen LogP contribution in [-0.4, -0.2) is 18.4 Å². The number of hydrogen-bond donors (Lipinski definition) is 0. The van der Waals surface area contributed by atoms with Gasteiger partial charge in [-0.15, -0.1) is 0 Å². The summed E-state index contributed by atoms with van der Waals surface area (Å²) in [5.74, 6) is -1.26. The Labute approximate surface area is 120 Å². The fourth-order valence-corrected chi connectivity index (χ4v) is 1.68. The molecular formula is C15H15F3O3. The lowest BCUT2D eigenvalue weighted by Crippen LogP contribution is -2.12. The molecule has 21 heavy (non-hydrogen) atoms. The number of ether oxygens (including phenoxy) is 1. The van der Waals surface area contributed by atoms with E-state index in [0.717, 1.165) is 12.1 Å². The minimum atomic E-state index is -4.50. The second-order valence-electron chi connectivity index (χ2n) is 4.32. The van der Waals surface area contributed by atoms with Crippen LogP contribution in [0.3, 0.4) is 0 Å². The first-order chi connectivity index (χ1) is 9.75. The number of hydrogen-bond acceptors (Lipinski definition) is 3. The van der Waals surface area contributed by atoms with E-state index in [-0.39, 0.29) is 17.7 Å². The standard InChI is InChI=1S/C15H15F3O3/c1-3-21-14(20)9-13(19)10(2)8-11-6-4-5-7-12(11)15(16,17)18/h4-8H,3,9H2,1-2H3. The molecule has 0 heterocycles. The Morgan fingerprint density at radius 3 is 2.43 bits per heavy atom. The van der Waals surface area contributed by atoms with Crippen LogP contribution < -0.4 is 0 Å². The largest absolute Gasteiger partial charge is 0.466 e. The van der Waals surface area contributed by atoms with Gasteiger partial charge in [-0.3, -0.25) is 9.59 Å². The molecule has 0 aromatic heterocycles. The second-order valence-corrected chi connectivity index (χ2v) is 4.32. The fourth-order valence-electron chi connectivity index (χ4n) is 1.68. The van der Waals surface area contributed by atoms with Crippen molar-refractivity contribution in [3.63, 3.8) is 0 Å². The number of alkyl halides is 3. The number of esters is 1. The molecule has 0 saturated carbocycles. The zero-order valence-corrected chi connectivity index (χ0v) is 11.7. The fraction of sp³-hybridized carbons (Fsp3) is 0.333. The summed E-state index contributed by atoms with van der Waals surface area (Å²) >= 11 is 0. The van der Waals surface area contributed by atoms with Crippen molar-refractivity contribution in [1.29, 1.82) is 0 Å². The van der Waals surface area contributed by atoms with Crippen LogP contribution in [0.15, 0.2) is 29.8 Å². The first-order valence-corrected chi connectivity index (χ1v) is 6.29. The van der Waals surface area contributed by atoms with Crippen molar-refractivity contribution in [2.45, 2.75) is 26.4 Å². The Morgan fingerprint density at radius 2 is 1.86 bits per heavy atom. The summed E-state index contributed by atoms with van der Waals surface area (Å²) < 4.78 is 43.1. The quantitative estimate of drug-likeness (QED) is 0.474. The molecule has 1 aromatic rings. The van der Waals surface area contributed by atoms with E-state index in [1.54, 1.807) is 6.92 Å². The normalized spacial score (nSPS) is 12.1. The van der Waals surface area contributed by atoms with Crippen molar-refractivity contribution >= 4 is 17.8 Å². The number of ketones is 1. The average molecular weight is 300 g/mol. The van der Waals surface area contributed by atoms with Gasteiger partial charge >= 0.3 is 12.1 Å². The molecule has 0 aliphatic rings. The number of carbonyl (C=O) groups is 2. The molecule has 0 atom stereocenters. The average Bonchev–Trinajstić information content (AvgIpc) is 2.38. The molecule has 1 rings (SSSR count). The minimum Gasteiger partial charge on any atom is -0.466 e. The Morgan fingerprint density at radius 1 is 1.24 bits per heavy atom. The van der Waals surface area contributed by atoms with Gasteiger partial charge in [0.05, 0.1) is 12.2 Å². The number of rotatable bonds is 5. The monoisotopic (exact) mass is 300 g/mol. The van der Waals surface area contributed by atoms with E-state index in [9.17, 15) is 22.8 Å². The lowest BCUT2D eigenvalue weighted by Gasteiger charge is -2.10. The van der Waals surface area contributed by atoms with Crippen molar-refractivity contribution in [3.8, 4) is 0 Å². The van der Waals surface area contributed by atoms with Gasteiger partial charge in [-0.2, -0.15) is 13.2 Å². The number of carbonyl (C=O) groups excluding carboxylic acids is 2. The highest BCUT2D eigenvalue weighted by Crippen LogP contribution is 2.32. The third-order valence-corrected chi connectivity index (χ3v) is 2.69. The second kappa shape index (κ2) is 7.06. The van der Waals surface area contributed by atoms with Crippen LogP contribution in [0.2, 0.25) is 0 Å². The van der Waals surface area contributed by atoms with E-state index >= 15 is 0 Å². The molecule has 0 radical (unpaired) electrons. The van der Waals surface area contributed by atoms with Crippen molar-refractivity contribution in [2.24, 2.45) is 0 Å². The Kier molecular flexibility index (Phi) is 5.69. The molecule has 0 N–H and O–H groups in total. The van der Waals surface area contributed by atoms with Crippen LogP contribution in [0.1, 0.15) is 31.4 Å². The summed E-state index contributed by atoms with van der Waals surface area (Å²) in [7, 11) is 0. The van der Waals surface area contributed by atoms with Gasteiger partial charge in [0.2, 0.25) is 0 Å². The van der Waals surface area contributed by atoms with Crippen LogP contribution in [0.25, 0.3) is 6.08 Å². The van der Waals surface area contributed by atoms with Gasteiger partial charge in [0, 0.05) is 0 Å². The van der Waals surface area contributed by atoms with Crippen LogP contribution in [0.4, 0.5) is 13.2 Å². The molecule has 0 unspecified atom stereocenters. The summed E-state index contributed by atoms with van der Waals surface area (Å²) in [5, 5.41) is 0. The summed E-state index contributed by atoms with van der Waals surface area (Å²) in [6.45, 7) is 3.12. The molecule has 114 valence electrons. The zero-order valence-electron chi connectivity index (χ0n) is 11.7. The molecule has 0 saturated heterocycles. The molecule has 1 aromatic carbocycles. The minimum absolute atomic E-state index is 0.0692. The lowest BCUT2D eigenvalue weighted by molar-refractivity contribution is -0.145. The topological polar surface area (TPSA) is 43.4 Å². The number of Topliss-reactive ketones (excluding diaryl/α,β-unsaturated/α-hetero) is 1. The maximum Gasteiger partial charge on any atom is 0.416 e. The van der Waals surface area contributed by atoms with E-state index in [4.69, 9.17) is 0 Å². The van der Waals surface area contributed by atoms with Crippen LogP contribution in [0.5, 0.6) is 0 Å². The van der Waals surface area contributed by atoms with E-state index in [0.29, 0.717) is 0 Å². The zero-order chi connectivity index (χ0) is 16.0. The molecule has 3 nitrogen and oxygen atoms in total. The molecule has 0 amide bonds. The molecule has 0 bridgehead atoms. The number of halogens is 3. The molecule has 0 spiro atoms. The molecule has 0 aliphatic heterocycles. The summed E-state index contributed by atoms with van der Waals surface area (Å²) in [6.07, 6.45) is -3.85. The highest BCUT2D eigenvalue weighted by molar-refractivity contribution is 6.07. The van der Waals surface area contributed by atoms with Gasteiger partial charge in [0.25, 0.3) is 0 Å². The van der Waals surface area contributed by atoms with Gasteiger partial charge in [-0.05, 0) is 37.1 Å². The maximum atomic E-state index is 12.8. The van der Waals surface area contributed by atoms with E-state index in [2.05, 4.69) is 4.74 Å². The van der Waals surface area contributed by atoms with Crippen LogP contribution >= 0.6 is 0 Å². The first kappa shape index (κ1) is 16.9. The van der Waals surface area contributed by atoms with Gasteiger partial charge in [0.15, 0.2) is 5.78 Å². The van der Waals surface area contributed by atoms with Crippen molar-refractivity contribution in [1.82, 2.24) is 0 Å². The Bertz CT molecular complexity index is 560. The molecule has 0 aliphatic carbocycles. The highest BCUT2D eigenvalue weighted by Gasteiger charge is 2.32. The van der Waals surface area contributed by atoms with Crippen molar-refractivity contribution in [3.05, 3.63) is 41.0 Å². The number of allylic oxidation sites excluding steroid dienone is 1. The van der Waals surface area contributed by atoms with Crippen LogP contribution in [-0.2, 0) is 20.5 Å². The predicted molar refractivity (Wildman–Crippen MR) is 71.4 cm³/mol. The molecule has 6 heteroatoms. The molecular weight excluding hydrogens is 285 g/mol. The highest BCUT2D eigenvalue weighted by atomic mass is 19.4. The Balaban J connectivity index is 2.98. The smallest absolute Gasteiger partial charge is 0.416 e. The summed E-state index contributed by atoms with van der Waals surface area (Å²) in [4.78, 5) is 22.9. The van der Waals surface area contributed by atoms with Crippen molar-refractivity contribution < 1.29 is 27.5 Å². The van der Waals surface area contributed by atoms with Gasteiger partial charge in [0.1, 0.15) is 6.42 Å². The lowest BCUT2D eigenvalue weighted by atomic mass is 10.0. The van der Waals surface area contributed by atoms with E-state index < -0.39 is 29.9 Å². The van der Waals surface area contributed by atoms with Gasteiger partial charge < -0.3 is 4.74 Å². The summed E-state index contributed by atoms with van der Waals surface area (Å²) in [5.41, 5.74) is -0.868. The van der Waals surface area contributed by atoms with Gasteiger partial charge in [-0.1, -0.05) is 18.2 Å².